The molecule has 10 heteroatoms. The van der Waals surface area contributed by atoms with Crippen molar-refractivity contribution in [1.29, 1.82) is 0 Å². The lowest BCUT2D eigenvalue weighted by atomic mass is 10.2. The van der Waals surface area contributed by atoms with Gasteiger partial charge in [-0.05, 0) is 36.1 Å². The SMILES string of the molecule is Cc1nn(Cc2ccccc2Cl)c(Cl)c1/C=C/C(=O)OCC(=O)NC(=O)c1cccs1. The van der Waals surface area contributed by atoms with E-state index < -0.39 is 24.4 Å². The summed E-state index contributed by atoms with van der Waals surface area (Å²) in [4.78, 5) is 35.9. The minimum absolute atomic E-state index is 0.334. The number of esters is 1. The van der Waals surface area contributed by atoms with Crippen molar-refractivity contribution in [2.24, 2.45) is 0 Å². The van der Waals surface area contributed by atoms with Crippen LogP contribution in [0.25, 0.3) is 6.08 Å². The van der Waals surface area contributed by atoms with Gasteiger partial charge in [0.2, 0.25) is 0 Å². The molecule has 0 unspecified atom stereocenters. The van der Waals surface area contributed by atoms with Crippen molar-refractivity contribution in [1.82, 2.24) is 15.1 Å². The number of ether oxygens (including phenoxy) is 1. The number of hydrogen-bond acceptors (Lipinski definition) is 6. The monoisotopic (exact) mass is 477 g/mol. The molecule has 2 amide bonds. The Kier molecular flexibility index (Phi) is 7.62. The number of nitrogens with zero attached hydrogens (tertiary/aromatic N) is 2. The van der Waals surface area contributed by atoms with Gasteiger partial charge in [-0.2, -0.15) is 5.10 Å². The summed E-state index contributed by atoms with van der Waals surface area (Å²) >= 11 is 13.8. The van der Waals surface area contributed by atoms with Crippen molar-refractivity contribution in [3.05, 3.63) is 79.7 Å². The molecule has 0 saturated heterocycles. The molecule has 31 heavy (non-hydrogen) atoms. The Morgan fingerprint density at radius 1 is 1.19 bits per heavy atom. The predicted molar refractivity (Wildman–Crippen MR) is 119 cm³/mol. The minimum atomic E-state index is -0.756. The summed E-state index contributed by atoms with van der Waals surface area (Å²) in [6, 6.07) is 10.6. The summed E-state index contributed by atoms with van der Waals surface area (Å²) in [6.07, 6.45) is 2.61. The molecular formula is C21H17Cl2N3O4S. The maximum Gasteiger partial charge on any atom is 0.331 e. The lowest BCUT2D eigenvalue weighted by Crippen LogP contribution is -2.33. The smallest absolute Gasteiger partial charge is 0.331 e. The van der Waals surface area contributed by atoms with Gasteiger partial charge in [0.25, 0.3) is 11.8 Å². The topological polar surface area (TPSA) is 90.3 Å². The average molecular weight is 478 g/mol. The van der Waals surface area contributed by atoms with E-state index >= 15 is 0 Å². The molecule has 2 aromatic heterocycles. The molecular weight excluding hydrogens is 461 g/mol. The summed E-state index contributed by atoms with van der Waals surface area (Å²) in [7, 11) is 0. The molecule has 0 saturated carbocycles. The van der Waals surface area contributed by atoms with Gasteiger partial charge in [0, 0.05) is 16.7 Å². The third-order valence-electron chi connectivity index (χ3n) is 4.12. The number of aryl methyl sites for hydroxylation is 1. The van der Waals surface area contributed by atoms with Gasteiger partial charge in [0.1, 0.15) is 5.15 Å². The number of thiophene rings is 1. The van der Waals surface area contributed by atoms with Crippen LogP contribution in [0.15, 0.2) is 47.9 Å². The lowest BCUT2D eigenvalue weighted by molar-refractivity contribution is -0.143. The maximum absolute atomic E-state index is 11.9. The molecule has 1 aromatic carbocycles. The summed E-state index contributed by atoms with van der Waals surface area (Å²) in [5.41, 5.74) is 2.01. The van der Waals surface area contributed by atoms with E-state index in [2.05, 4.69) is 10.4 Å². The van der Waals surface area contributed by atoms with Crippen LogP contribution in [0, 0.1) is 6.92 Å². The molecule has 0 aliphatic rings. The summed E-state index contributed by atoms with van der Waals surface area (Å²) < 4.78 is 6.44. The maximum atomic E-state index is 11.9. The number of rotatable bonds is 7. The van der Waals surface area contributed by atoms with E-state index in [1.54, 1.807) is 35.2 Å². The highest BCUT2D eigenvalue weighted by atomic mass is 35.5. The highest BCUT2D eigenvalue weighted by Crippen LogP contribution is 2.24. The fraction of sp³-hybridized carbons (Fsp3) is 0.143. The first kappa shape index (κ1) is 22.7. The standard InChI is InChI=1S/C21H17Cl2N3O4S/c1-13-15(20(23)26(25-13)11-14-5-2-3-6-16(14)22)8-9-19(28)30-12-18(27)24-21(29)17-7-4-10-31-17/h2-10H,11-12H2,1H3,(H,24,27,29)/b9-8+. The number of carbonyl (C=O) groups excluding carboxylic acids is 3. The van der Waals surface area contributed by atoms with Crippen LogP contribution < -0.4 is 5.32 Å². The molecule has 2 heterocycles. The van der Waals surface area contributed by atoms with Crippen LogP contribution >= 0.6 is 34.5 Å². The molecule has 0 aliphatic carbocycles. The molecule has 1 N–H and O–H groups in total. The van der Waals surface area contributed by atoms with Gasteiger partial charge < -0.3 is 4.74 Å². The van der Waals surface area contributed by atoms with Crippen molar-refractivity contribution in [2.45, 2.75) is 13.5 Å². The van der Waals surface area contributed by atoms with E-state index in [0.717, 1.165) is 11.6 Å². The highest BCUT2D eigenvalue weighted by Gasteiger charge is 2.14. The molecule has 0 bridgehead atoms. The predicted octanol–water partition coefficient (Wildman–Crippen LogP) is 4.12. The van der Waals surface area contributed by atoms with Crippen molar-refractivity contribution in [3.8, 4) is 0 Å². The van der Waals surface area contributed by atoms with Crippen LogP contribution in [-0.2, 0) is 20.9 Å². The van der Waals surface area contributed by atoms with Gasteiger partial charge in [-0.1, -0.05) is 47.5 Å². The van der Waals surface area contributed by atoms with E-state index in [1.807, 2.05) is 18.2 Å². The van der Waals surface area contributed by atoms with Gasteiger partial charge in [0.15, 0.2) is 6.61 Å². The van der Waals surface area contributed by atoms with Crippen molar-refractivity contribution in [2.75, 3.05) is 6.61 Å². The Bertz CT molecular complexity index is 1140. The fourth-order valence-electron chi connectivity index (χ4n) is 2.62. The largest absolute Gasteiger partial charge is 0.452 e. The number of imide groups is 1. The number of aromatic nitrogens is 2. The minimum Gasteiger partial charge on any atom is -0.452 e. The molecule has 160 valence electrons. The first-order valence-electron chi connectivity index (χ1n) is 9.04. The Labute approximate surface area is 192 Å². The fourth-order valence-corrected chi connectivity index (χ4v) is 3.73. The number of nitrogens with one attached hydrogen (secondary N) is 1. The second-order valence-corrected chi connectivity index (χ2v) is 8.05. The van der Waals surface area contributed by atoms with E-state index in [4.69, 9.17) is 27.9 Å². The zero-order chi connectivity index (χ0) is 22.4. The molecule has 0 aliphatic heterocycles. The van der Waals surface area contributed by atoms with Crippen LogP contribution in [0.5, 0.6) is 0 Å². The first-order valence-corrected chi connectivity index (χ1v) is 10.7. The molecule has 3 rings (SSSR count). The van der Waals surface area contributed by atoms with Crippen LogP contribution in [-0.4, -0.2) is 34.2 Å². The molecule has 0 atom stereocenters. The summed E-state index contributed by atoms with van der Waals surface area (Å²) in [6.45, 7) is 1.54. The van der Waals surface area contributed by atoms with E-state index in [0.29, 0.717) is 32.9 Å². The zero-order valence-corrected chi connectivity index (χ0v) is 18.6. The first-order chi connectivity index (χ1) is 14.8. The Balaban J connectivity index is 1.56. The second kappa shape index (κ2) is 10.4. The number of benzene rings is 1. The Morgan fingerprint density at radius 2 is 1.97 bits per heavy atom. The summed E-state index contributed by atoms with van der Waals surface area (Å²) in [5.74, 6) is -2.02. The number of hydrogen-bond donors (Lipinski definition) is 1. The van der Waals surface area contributed by atoms with E-state index in [1.165, 1.54) is 17.4 Å². The van der Waals surface area contributed by atoms with Crippen LogP contribution in [0.1, 0.15) is 26.5 Å². The van der Waals surface area contributed by atoms with Gasteiger partial charge in [0.05, 0.1) is 17.1 Å². The average Bonchev–Trinajstić information content (AvgIpc) is 3.36. The van der Waals surface area contributed by atoms with Crippen molar-refractivity contribution < 1.29 is 19.1 Å². The number of halogens is 2. The molecule has 3 aromatic rings. The molecule has 0 radical (unpaired) electrons. The third-order valence-corrected chi connectivity index (χ3v) is 5.75. The van der Waals surface area contributed by atoms with Crippen molar-refractivity contribution in [3.63, 3.8) is 0 Å². The number of carbonyl (C=O) groups is 3. The Hall–Kier alpha value is -2.94. The quantitative estimate of drug-likeness (QED) is 0.408. The Morgan fingerprint density at radius 3 is 2.68 bits per heavy atom. The van der Waals surface area contributed by atoms with Crippen LogP contribution in [0.4, 0.5) is 0 Å². The summed E-state index contributed by atoms with van der Waals surface area (Å²) in [5, 5.41) is 9.18. The van der Waals surface area contributed by atoms with Crippen LogP contribution in [0.3, 0.4) is 0 Å². The highest BCUT2D eigenvalue weighted by molar-refractivity contribution is 7.12. The van der Waals surface area contributed by atoms with Crippen molar-refractivity contribution >= 4 is 58.4 Å². The van der Waals surface area contributed by atoms with Gasteiger partial charge in [-0.15, -0.1) is 11.3 Å². The van der Waals surface area contributed by atoms with Gasteiger partial charge in [-0.3, -0.25) is 14.9 Å². The van der Waals surface area contributed by atoms with Gasteiger partial charge >= 0.3 is 5.97 Å². The second-order valence-electron chi connectivity index (χ2n) is 6.33. The third kappa shape index (κ3) is 6.04. The molecule has 0 fully saturated rings. The zero-order valence-electron chi connectivity index (χ0n) is 16.3. The van der Waals surface area contributed by atoms with E-state index in [-0.39, 0.29) is 0 Å². The lowest BCUT2D eigenvalue weighted by Gasteiger charge is -2.05. The van der Waals surface area contributed by atoms with Gasteiger partial charge in [-0.25, -0.2) is 9.48 Å². The normalized spacial score (nSPS) is 10.9. The van der Waals surface area contributed by atoms with Crippen LogP contribution in [0.2, 0.25) is 10.2 Å². The molecule has 7 nitrogen and oxygen atoms in total. The van der Waals surface area contributed by atoms with E-state index in [9.17, 15) is 14.4 Å². The molecule has 0 spiro atoms. The number of amides is 2.